The summed E-state index contributed by atoms with van der Waals surface area (Å²) in [5.41, 5.74) is 2.21. The van der Waals surface area contributed by atoms with Crippen LogP contribution in [0.3, 0.4) is 0 Å². The van der Waals surface area contributed by atoms with Crippen molar-refractivity contribution in [2.24, 2.45) is 0 Å². The Bertz CT molecular complexity index is 893. The summed E-state index contributed by atoms with van der Waals surface area (Å²) in [5.74, 6) is 2.07. The first-order chi connectivity index (χ1) is 13.3. The van der Waals surface area contributed by atoms with E-state index in [1.54, 1.807) is 12.4 Å². The van der Waals surface area contributed by atoms with E-state index in [0.717, 1.165) is 42.2 Å². The maximum atomic E-state index is 12.6. The molecule has 3 aromatic heterocycles. The van der Waals surface area contributed by atoms with Crippen molar-refractivity contribution in [1.82, 2.24) is 29.6 Å². The smallest absolute Gasteiger partial charge is 0.222 e. The number of aryl methyl sites for hydroxylation is 1. The molecule has 4 heterocycles. The normalized spacial score (nSPS) is 13.9. The Hall–Kier alpha value is -3.09. The standard InChI is InChI=1S/C20H22N6O/c27-20(6-5-16-3-1-8-21-14-16)25-10-7-18-23-24-19(26(18)12-11-25)13-17-4-2-9-22-15-17/h1-4,8-9,14-15H,5-7,10-13H2. The maximum absolute atomic E-state index is 12.6. The summed E-state index contributed by atoms with van der Waals surface area (Å²) >= 11 is 0. The minimum absolute atomic E-state index is 0.186. The summed E-state index contributed by atoms with van der Waals surface area (Å²) in [6, 6.07) is 7.88. The fourth-order valence-electron chi connectivity index (χ4n) is 3.40. The molecule has 7 nitrogen and oxygen atoms in total. The van der Waals surface area contributed by atoms with Crippen LogP contribution in [0.1, 0.15) is 29.2 Å². The third-order valence-electron chi connectivity index (χ3n) is 4.89. The van der Waals surface area contributed by atoms with Crippen LogP contribution in [0.25, 0.3) is 0 Å². The van der Waals surface area contributed by atoms with E-state index in [4.69, 9.17) is 0 Å². The van der Waals surface area contributed by atoms with Gasteiger partial charge in [-0.1, -0.05) is 12.1 Å². The van der Waals surface area contributed by atoms with Crippen LogP contribution in [0.4, 0.5) is 0 Å². The van der Waals surface area contributed by atoms with Gasteiger partial charge in [0.05, 0.1) is 0 Å². The number of rotatable bonds is 5. The number of aromatic nitrogens is 5. The fraction of sp³-hybridized carbons (Fsp3) is 0.350. The summed E-state index contributed by atoms with van der Waals surface area (Å²) in [4.78, 5) is 22.8. The van der Waals surface area contributed by atoms with Crippen LogP contribution >= 0.6 is 0 Å². The number of carbonyl (C=O) groups is 1. The Morgan fingerprint density at radius 3 is 2.48 bits per heavy atom. The zero-order valence-corrected chi connectivity index (χ0v) is 15.2. The lowest BCUT2D eigenvalue weighted by atomic mass is 10.1. The Kier molecular flexibility index (Phi) is 5.18. The van der Waals surface area contributed by atoms with Crippen LogP contribution in [0.15, 0.2) is 49.1 Å². The number of fused-ring (bicyclic) bond motifs is 1. The quantitative estimate of drug-likeness (QED) is 0.690. The monoisotopic (exact) mass is 362 g/mol. The molecular formula is C20H22N6O. The Balaban J connectivity index is 1.37. The van der Waals surface area contributed by atoms with E-state index in [9.17, 15) is 4.79 Å². The van der Waals surface area contributed by atoms with E-state index in [1.807, 2.05) is 41.6 Å². The van der Waals surface area contributed by atoms with Gasteiger partial charge in [-0.05, 0) is 29.7 Å². The van der Waals surface area contributed by atoms with Gasteiger partial charge in [0, 0.05) is 63.7 Å². The van der Waals surface area contributed by atoms with Crippen molar-refractivity contribution in [3.8, 4) is 0 Å². The number of hydrogen-bond donors (Lipinski definition) is 0. The third kappa shape index (κ3) is 4.19. The molecule has 0 saturated carbocycles. The molecule has 27 heavy (non-hydrogen) atoms. The molecule has 0 atom stereocenters. The summed E-state index contributed by atoms with van der Waals surface area (Å²) in [7, 11) is 0. The van der Waals surface area contributed by atoms with Gasteiger partial charge in [-0.2, -0.15) is 0 Å². The third-order valence-corrected chi connectivity index (χ3v) is 4.89. The molecule has 0 spiro atoms. The Morgan fingerprint density at radius 1 is 0.963 bits per heavy atom. The molecule has 4 rings (SSSR count). The largest absolute Gasteiger partial charge is 0.340 e. The van der Waals surface area contributed by atoms with Gasteiger partial charge in [-0.15, -0.1) is 10.2 Å². The second kappa shape index (κ2) is 8.07. The van der Waals surface area contributed by atoms with Gasteiger partial charge < -0.3 is 9.47 Å². The molecule has 0 aliphatic carbocycles. The summed E-state index contributed by atoms with van der Waals surface area (Å²) < 4.78 is 2.15. The van der Waals surface area contributed by atoms with Crippen LogP contribution in [-0.4, -0.2) is 48.6 Å². The Morgan fingerprint density at radius 2 is 1.74 bits per heavy atom. The minimum Gasteiger partial charge on any atom is -0.340 e. The van der Waals surface area contributed by atoms with Crippen molar-refractivity contribution in [1.29, 1.82) is 0 Å². The van der Waals surface area contributed by atoms with Gasteiger partial charge in [0.15, 0.2) is 0 Å². The number of pyridine rings is 2. The first kappa shape index (κ1) is 17.3. The number of carbonyl (C=O) groups excluding carboxylic acids is 1. The van der Waals surface area contributed by atoms with Crippen molar-refractivity contribution in [3.05, 3.63) is 71.8 Å². The topological polar surface area (TPSA) is 76.8 Å². The van der Waals surface area contributed by atoms with E-state index < -0.39 is 0 Å². The zero-order chi connectivity index (χ0) is 18.5. The van der Waals surface area contributed by atoms with Crippen molar-refractivity contribution in [2.45, 2.75) is 32.2 Å². The van der Waals surface area contributed by atoms with Crippen LogP contribution in [-0.2, 0) is 30.6 Å². The van der Waals surface area contributed by atoms with E-state index in [-0.39, 0.29) is 5.91 Å². The first-order valence-electron chi connectivity index (χ1n) is 9.26. The highest BCUT2D eigenvalue weighted by Gasteiger charge is 2.21. The fourth-order valence-corrected chi connectivity index (χ4v) is 3.40. The average Bonchev–Trinajstić information content (AvgIpc) is 2.96. The van der Waals surface area contributed by atoms with Gasteiger partial charge in [-0.25, -0.2) is 0 Å². The van der Waals surface area contributed by atoms with Crippen molar-refractivity contribution in [3.63, 3.8) is 0 Å². The van der Waals surface area contributed by atoms with Crippen LogP contribution in [0, 0.1) is 0 Å². The van der Waals surface area contributed by atoms with Crippen molar-refractivity contribution in [2.75, 3.05) is 13.1 Å². The molecule has 0 bridgehead atoms. The molecular weight excluding hydrogens is 340 g/mol. The number of hydrogen-bond acceptors (Lipinski definition) is 5. The van der Waals surface area contributed by atoms with Gasteiger partial charge in [0.2, 0.25) is 5.91 Å². The molecule has 0 fully saturated rings. The van der Waals surface area contributed by atoms with Crippen LogP contribution in [0.2, 0.25) is 0 Å². The van der Waals surface area contributed by atoms with E-state index in [2.05, 4.69) is 24.7 Å². The molecule has 0 radical (unpaired) electrons. The van der Waals surface area contributed by atoms with Gasteiger partial charge in [-0.3, -0.25) is 14.8 Å². The lowest BCUT2D eigenvalue weighted by Crippen LogP contribution is -2.34. The van der Waals surface area contributed by atoms with Crippen LogP contribution < -0.4 is 0 Å². The van der Waals surface area contributed by atoms with Gasteiger partial charge >= 0.3 is 0 Å². The summed E-state index contributed by atoms with van der Waals surface area (Å²) in [5, 5.41) is 8.70. The van der Waals surface area contributed by atoms with E-state index in [0.29, 0.717) is 25.9 Å². The average molecular weight is 362 g/mol. The molecule has 0 unspecified atom stereocenters. The molecule has 0 saturated heterocycles. The predicted molar refractivity (Wildman–Crippen MR) is 99.9 cm³/mol. The molecule has 1 amide bonds. The second-order valence-corrected chi connectivity index (χ2v) is 6.71. The van der Waals surface area contributed by atoms with E-state index in [1.165, 1.54) is 0 Å². The second-order valence-electron chi connectivity index (χ2n) is 6.71. The van der Waals surface area contributed by atoms with Crippen LogP contribution in [0.5, 0.6) is 0 Å². The Labute approximate surface area is 158 Å². The molecule has 0 N–H and O–H groups in total. The SMILES string of the molecule is O=C(CCc1cccnc1)N1CCc2nnc(Cc3cccnc3)n2CC1. The van der Waals surface area contributed by atoms with Gasteiger partial charge in [0.25, 0.3) is 0 Å². The maximum Gasteiger partial charge on any atom is 0.222 e. The molecule has 0 aromatic carbocycles. The lowest BCUT2D eigenvalue weighted by molar-refractivity contribution is -0.131. The molecule has 3 aromatic rings. The highest BCUT2D eigenvalue weighted by Crippen LogP contribution is 2.14. The summed E-state index contributed by atoms with van der Waals surface area (Å²) in [6.07, 6.45) is 9.86. The molecule has 1 aliphatic rings. The number of amides is 1. The van der Waals surface area contributed by atoms with E-state index >= 15 is 0 Å². The molecule has 1 aliphatic heterocycles. The predicted octanol–water partition coefficient (Wildman–Crippen LogP) is 1.68. The van der Waals surface area contributed by atoms with Crippen molar-refractivity contribution < 1.29 is 4.79 Å². The highest BCUT2D eigenvalue weighted by atomic mass is 16.2. The minimum atomic E-state index is 0.186. The zero-order valence-electron chi connectivity index (χ0n) is 15.2. The lowest BCUT2D eigenvalue weighted by Gasteiger charge is -2.20. The number of nitrogens with zero attached hydrogens (tertiary/aromatic N) is 6. The molecule has 7 heteroatoms. The molecule has 138 valence electrons. The van der Waals surface area contributed by atoms with Crippen molar-refractivity contribution >= 4 is 5.91 Å². The summed E-state index contributed by atoms with van der Waals surface area (Å²) in [6.45, 7) is 2.12. The van der Waals surface area contributed by atoms with Gasteiger partial charge in [0.1, 0.15) is 11.6 Å². The first-order valence-corrected chi connectivity index (χ1v) is 9.26. The highest BCUT2D eigenvalue weighted by molar-refractivity contribution is 5.76.